The van der Waals surface area contributed by atoms with Crippen LogP contribution in [0.4, 0.5) is 0 Å². The van der Waals surface area contributed by atoms with E-state index < -0.39 is 17.4 Å². The lowest BCUT2D eigenvalue weighted by molar-refractivity contribution is -0.135. The van der Waals surface area contributed by atoms with Crippen molar-refractivity contribution in [1.82, 2.24) is 0 Å². The molecule has 1 heterocycles. The number of carboxylic acid groups (broad SMARTS) is 1. The van der Waals surface area contributed by atoms with Gasteiger partial charge in [-0.1, -0.05) is 31.2 Å². The van der Waals surface area contributed by atoms with E-state index in [1.54, 1.807) is 38.2 Å². The minimum absolute atomic E-state index is 0.103. The topological polar surface area (TPSA) is 63.6 Å². The SMILES string of the molecule is C/C=C/C1=C(C(=O)O)C(=O)[C@](C)(/C=C/C=C/CC)O1. The average Bonchev–Trinajstić information content (AvgIpc) is 2.58. The van der Waals surface area contributed by atoms with E-state index in [4.69, 9.17) is 9.84 Å². The molecule has 0 saturated carbocycles. The second kappa shape index (κ2) is 6.18. The maximum Gasteiger partial charge on any atom is 0.343 e. The number of carbonyl (C=O) groups excluding carboxylic acids is 1. The maximum absolute atomic E-state index is 12.1. The highest BCUT2D eigenvalue weighted by Crippen LogP contribution is 2.32. The second-order valence-corrected chi connectivity index (χ2v) is 4.28. The molecule has 19 heavy (non-hydrogen) atoms. The summed E-state index contributed by atoms with van der Waals surface area (Å²) < 4.78 is 5.50. The Labute approximate surface area is 112 Å². The number of hydrogen-bond acceptors (Lipinski definition) is 3. The van der Waals surface area contributed by atoms with E-state index in [2.05, 4.69) is 0 Å². The Balaban J connectivity index is 3.06. The minimum atomic E-state index is -1.26. The fraction of sp³-hybridized carbons (Fsp3) is 0.333. The Morgan fingerprint density at radius 3 is 2.63 bits per heavy atom. The average molecular weight is 262 g/mol. The number of allylic oxidation sites excluding steroid dienone is 5. The van der Waals surface area contributed by atoms with Gasteiger partial charge in [-0.2, -0.15) is 0 Å². The van der Waals surface area contributed by atoms with Crippen LogP contribution in [-0.4, -0.2) is 22.5 Å². The van der Waals surface area contributed by atoms with E-state index in [-0.39, 0.29) is 11.3 Å². The molecule has 0 aromatic carbocycles. The molecule has 0 amide bonds. The summed E-state index contributed by atoms with van der Waals surface area (Å²) in [6.07, 6.45) is 11.0. The predicted molar refractivity (Wildman–Crippen MR) is 72.5 cm³/mol. The highest BCUT2D eigenvalue weighted by molar-refractivity contribution is 6.22. The Kier molecular flexibility index (Phi) is 4.87. The Morgan fingerprint density at radius 2 is 2.11 bits per heavy atom. The van der Waals surface area contributed by atoms with Crippen LogP contribution in [0, 0.1) is 0 Å². The van der Waals surface area contributed by atoms with E-state index in [1.807, 2.05) is 13.0 Å². The molecule has 0 aliphatic carbocycles. The van der Waals surface area contributed by atoms with Crippen LogP contribution in [0.5, 0.6) is 0 Å². The van der Waals surface area contributed by atoms with Gasteiger partial charge in [0.05, 0.1) is 0 Å². The minimum Gasteiger partial charge on any atom is -0.477 e. The smallest absolute Gasteiger partial charge is 0.343 e. The first-order valence-corrected chi connectivity index (χ1v) is 6.14. The molecule has 102 valence electrons. The van der Waals surface area contributed by atoms with Crippen molar-refractivity contribution in [3.8, 4) is 0 Å². The van der Waals surface area contributed by atoms with Gasteiger partial charge in [0.1, 0.15) is 11.3 Å². The van der Waals surface area contributed by atoms with E-state index >= 15 is 0 Å². The highest BCUT2D eigenvalue weighted by atomic mass is 16.5. The first-order chi connectivity index (χ1) is 8.96. The molecule has 1 aliphatic heterocycles. The summed E-state index contributed by atoms with van der Waals surface area (Å²) in [5, 5.41) is 9.09. The van der Waals surface area contributed by atoms with Crippen molar-refractivity contribution in [1.29, 1.82) is 0 Å². The molecular formula is C15H18O4. The van der Waals surface area contributed by atoms with E-state index in [0.717, 1.165) is 6.42 Å². The summed E-state index contributed by atoms with van der Waals surface area (Å²) in [4.78, 5) is 23.3. The molecule has 0 fully saturated rings. The van der Waals surface area contributed by atoms with Gasteiger partial charge in [0.2, 0.25) is 5.78 Å². The first-order valence-electron chi connectivity index (χ1n) is 6.14. The van der Waals surface area contributed by atoms with E-state index in [1.165, 1.54) is 6.08 Å². The number of rotatable bonds is 5. The monoisotopic (exact) mass is 262 g/mol. The third-order valence-corrected chi connectivity index (χ3v) is 2.68. The molecular weight excluding hydrogens is 244 g/mol. The van der Waals surface area contributed by atoms with E-state index in [9.17, 15) is 9.59 Å². The maximum atomic E-state index is 12.1. The number of ether oxygens (including phenoxy) is 1. The number of ketones is 1. The number of hydrogen-bond donors (Lipinski definition) is 1. The zero-order valence-electron chi connectivity index (χ0n) is 11.3. The summed E-state index contributed by atoms with van der Waals surface area (Å²) in [6, 6.07) is 0. The molecule has 0 saturated heterocycles. The van der Waals surface area contributed by atoms with Crippen LogP contribution in [0.1, 0.15) is 27.2 Å². The van der Waals surface area contributed by atoms with Crippen LogP contribution in [0.3, 0.4) is 0 Å². The molecule has 4 heteroatoms. The van der Waals surface area contributed by atoms with E-state index in [0.29, 0.717) is 0 Å². The van der Waals surface area contributed by atoms with Crippen molar-refractivity contribution in [2.45, 2.75) is 32.8 Å². The van der Waals surface area contributed by atoms with Gasteiger partial charge in [-0.3, -0.25) is 4.79 Å². The molecule has 0 unspecified atom stereocenters. The Hall–Kier alpha value is -2.10. The summed E-state index contributed by atoms with van der Waals surface area (Å²) in [7, 11) is 0. The van der Waals surface area contributed by atoms with Gasteiger partial charge in [0.25, 0.3) is 0 Å². The highest BCUT2D eigenvalue weighted by Gasteiger charge is 2.45. The lowest BCUT2D eigenvalue weighted by Gasteiger charge is -2.18. The molecule has 4 nitrogen and oxygen atoms in total. The lowest BCUT2D eigenvalue weighted by atomic mass is 9.96. The van der Waals surface area contributed by atoms with Gasteiger partial charge in [-0.05, 0) is 32.4 Å². The number of carboxylic acids is 1. The third kappa shape index (κ3) is 3.22. The van der Waals surface area contributed by atoms with Crippen LogP contribution in [0.15, 0.2) is 47.8 Å². The van der Waals surface area contributed by atoms with Crippen molar-refractivity contribution < 1.29 is 19.4 Å². The molecule has 1 atom stereocenters. The van der Waals surface area contributed by atoms with Gasteiger partial charge >= 0.3 is 5.97 Å². The van der Waals surface area contributed by atoms with Crippen molar-refractivity contribution in [2.24, 2.45) is 0 Å². The molecule has 0 aromatic rings. The second-order valence-electron chi connectivity index (χ2n) is 4.28. The molecule has 0 aromatic heterocycles. The number of aliphatic carboxylic acids is 1. The van der Waals surface area contributed by atoms with Gasteiger partial charge in [0.15, 0.2) is 5.60 Å². The molecule has 0 radical (unpaired) electrons. The molecule has 0 spiro atoms. The fourth-order valence-corrected chi connectivity index (χ4v) is 1.72. The van der Waals surface area contributed by atoms with Gasteiger partial charge in [-0.15, -0.1) is 0 Å². The van der Waals surface area contributed by atoms with Crippen molar-refractivity contribution >= 4 is 11.8 Å². The standard InChI is InChI=1S/C15H18O4/c1-4-6-7-8-10-15(3)13(16)12(14(17)18)11(19-15)9-5-2/h5-10H,4H2,1-3H3,(H,17,18)/b7-6+,9-5+,10-8+/t15-/m0/s1. The molecule has 0 bridgehead atoms. The normalized spacial score (nSPS) is 24.1. The molecule has 1 N–H and O–H groups in total. The summed E-state index contributed by atoms with van der Waals surface area (Å²) in [5.74, 6) is -1.69. The zero-order chi connectivity index (χ0) is 14.5. The van der Waals surface area contributed by atoms with Crippen molar-refractivity contribution in [2.75, 3.05) is 0 Å². The summed E-state index contributed by atoms with van der Waals surface area (Å²) in [5.41, 5.74) is -1.55. The number of carbonyl (C=O) groups is 2. The Morgan fingerprint density at radius 1 is 1.42 bits per heavy atom. The molecule has 1 aliphatic rings. The fourth-order valence-electron chi connectivity index (χ4n) is 1.72. The predicted octanol–water partition coefficient (Wildman–Crippen LogP) is 2.78. The van der Waals surface area contributed by atoms with Crippen LogP contribution < -0.4 is 0 Å². The lowest BCUT2D eigenvalue weighted by Crippen LogP contribution is -2.32. The quantitative estimate of drug-likeness (QED) is 0.611. The van der Waals surface area contributed by atoms with Crippen molar-refractivity contribution in [3.05, 3.63) is 47.8 Å². The van der Waals surface area contributed by atoms with Gasteiger partial charge in [0, 0.05) is 0 Å². The number of Topliss-reactive ketones (excluding diaryl/α,β-unsaturated/α-hetero) is 1. The first kappa shape index (κ1) is 15.0. The molecule has 1 rings (SSSR count). The van der Waals surface area contributed by atoms with Crippen LogP contribution in [-0.2, 0) is 14.3 Å². The van der Waals surface area contributed by atoms with Crippen LogP contribution in [0.25, 0.3) is 0 Å². The summed E-state index contributed by atoms with van der Waals surface area (Å²) >= 11 is 0. The largest absolute Gasteiger partial charge is 0.477 e. The Bertz CT molecular complexity index is 494. The van der Waals surface area contributed by atoms with Crippen LogP contribution >= 0.6 is 0 Å². The summed E-state index contributed by atoms with van der Waals surface area (Å²) in [6.45, 7) is 5.29. The zero-order valence-corrected chi connectivity index (χ0v) is 11.3. The van der Waals surface area contributed by atoms with Gasteiger partial charge in [-0.25, -0.2) is 4.79 Å². The third-order valence-electron chi connectivity index (χ3n) is 2.68. The van der Waals surface area contributed by atoms with Crippen molar-refractivity contribution in [3.63, 3.8) is 0 Å². The van der Waals surface area contributed by atoms with Crippen LogP contribution in [0.2, 0.25) is 0 Å². The van der Waals surface area contributed by atoms with Gasteiger partial charge < -0.3 is 9.84 Å².